The first-order chi connectivity index (χ1) is 33.3. The summed E-state index contributed by atoms with van der Waals surface area (Å²) in [6.45, 7) is 8.55. The van der Waals surface area contributed by atoms with Crippen molar-refractivity contribution in [2.24, 2.45) is 0 Å². The third kappa shape index (κ3) is 7.37. The highest BCUT2D eigenvalue weighted by Crippen LogP contribution is 2.53. The number of rotatable bonds is 10. The van der Waals surface area contributed by atoms with E-state index in [2.05, 4.69) is 256 Å². The standard InChI is InChI=1S/C64H48N2O2/c1-41-13-23-49(24-14-41)65(50-25-15-42(2)16-26-50)59-39-61(67-53-31-21-45-9-5-7-11-47(45)37-53)57-36-34-56-60(66(51-27-17-43(3)18-28-51)52-29-19-44(4)20-30-52)40-62(58-35-33-55(59)63(57)64(56)58)68-54-32-22-46-10-6-8-12-48(46)38-54/h5-40H,1-4H3. The quantitative estimate of drug-likeness (QED) is 0.128. The lowest BCUT2D eigenvalue weighted by molar-refractivity contribution is 0.489. The minimum absolute atomic E-state index is 0.762. The monoisotopic (exact) mass is 876 g/mol. The van der Waals surface area contributed by atoms with E-state index >= 15 is 0 Å². The van der Waals surface area contributed by atoms with Gasteiger partial charge in [0.2, 0.25) is 0 Å². The Labute approximate surface area is 396 Å². The van der Waals surface area contributed by atoms with Crippen LogP contribution in [0.1, 0.15) is 22.3 Å². The number of anilines is 6. The van der Waals surface area contributed by atoms with Crippen molar-refractivity contribution in [3.8, 4) is 23.0 Å². The molecule has 0 heterocycles. The number of benzene rings is 12. The van der Waals surface area contributed by atoms with Crippen LogP contribution in [0.25, 0.3) is 53.9 Å². The molecule has 0 spiro atoms. The molecule has 0 unspecified atom stereocenters. The lowest BCUT2D eigenvalue weighted by Gasteiger charge is -2.30. The van der Waals surface area contributed by atoms with Crippen molar-refractivity contribution < 1.29 is 9.47 Å². The van der Waals surface area contributed by atoms with E-state index in [1.807, 2.05) is 0 Å². The van der Waals surface area contributed by atoms with Gasteiger partial charge in [0.1, 0.15) is 23.0 Å². The normalized spacial score (nSPS) is 11.5. The van der Waals surface area contributed by atoms with Crippen molar-refractivity contribution in [2.75, 3.05) is 9.80 Å². The van der Waals surface area contributed by atoms with E-state index < -0.39 is 0 Å². The topological polar surface area (TPSA) is 24.9 Å². The first-order valence-electron chi connectivity index (χ1n) is 23.3. The van der Waals surface area contributed by atoms with E-state index in [-0.39, 0.29) is 0 Å². The van der Waals surface area contributed by atoms with Gasteiger partial charge in [0.05, 0.1) is 11.4 Å². The van der Waals surface area contributed by atoms with Crippen LogP contribution in [0.2, 0.25) is 0 Å². The fourth-order valence-corrected chi connectivity index (χ4v) is 9.78. The number of nitrogens with zero attached hydrogens (tertiary/aromatic N) is 2. The summed E-state index contributed by atoms with van der Waals surface area (Å²) in [6, 6.07) is 78.3. The number of ether oxygens (including phenoxy) is 2. The van der Waals surface area contributed by atoms with Crippen LogP contribution in [-0.4, -0.2) is 0 Å². The zero-order valence-corrected chi connectivity index (χ0v) is 38.5. The second kappa shape index (κ2) is 16.7. The summed E-state index contributed by atoms with van der Waals surface area (Å²) in [7, 11) is 0. The first-order valence-corrected chi connectivity index (χ1v) is 23.3. The highest BCUT2D eigenvalue weighted by atomic mass is 16.5. The maximum Gasteiger partial charge on any atom is 0.137 e. The van der Waals surface area contributed by atoms with Gasteiger partial charge >= 0.3 is 0 Å². The van der Waals surface area contributed by atoms with Crippen LogP contribution in [0.4, 0.5) is 34.1 Å². The van der Waals surface area contributed by atoms with Gasteiger partial charge in [-0.15, -0.1) is 0 Å². The van der Waals surface area contributed by atoms with Gasteiger partial charge in [-0.3, -0.25) is 0 Å². The van der Waals surface area contributed by atoms with E-state index in [0.29, 0.717) is 0 Å². The van der Waals surface area contributed by atoms with Crippen LogP contribution in [0.3, 0.4) is 0 Å². The molecule has 0 saturated heterocycles. The molecule has 326 valence electrons. The van der Waals surface area contributed by atoms with Gasteiger partial charge in [-0.1, -0.05) is 144 Å². The second-order valence-corrected chi connectivity index (χ2v) is 18.1. The summed E-state index contributed by atoms with van der Waals surface area (Å²) in [5.41, 5.74) is 11.0. The van der Waals surface area contributed by atoms with Crippen molar-refractivity contribution >= 4 is 88.0 Å². The summed E-state index contributed by atoms with van der Waals surface area (Å²) in [5, 5.41) is 11.0. The zero-order valence-electron chi connectivity index (χ0n) is 38.5. The van der Waals surface area contributed by atoms with Crippen LogP contribution >= 0.6 is 0 Å². The van der Waals surface area contributed by atoms with Gasteiger partial charge in [0.25, 0.3) is 0 Å². The van der Waals surface area contributed by atoms with Crippen LogP contribution in [0.5, 0.6) is 23.0 Å². The maximum absolute atomic E-state index is 7.18. The molecule has 0 bridgehead atoms. The Morgan fingerprint density at radius 3 is 0.926 bits per heavy atom. The third-order valence-electron chi connectivity index (χ3n) is 13.3. The molecule has 0 aromatic heterocycles. The Hall–Kier alpha value is -8.60. The lowest BCUT2D eigenvalue weighted by atomic mass is 9.90. The highest BCUT2D eigenvalue weighted by molar-refractivity contribution is 6.30. The van der Waals surface area contributed by atoms with Gasteiger partial charge in [0, 0.05) is 67.2 Å². The number of aryl methyl sites for hydroxylation is 4. The van der Waals surface area contributed by atoms with Gasteiger partial charge in [-0.25, -0.2) is 0 Å². The molecule has 0 saturated carbocycles. The minimum Gasteiger partial charge on any atom is -0.457 e. The summed E-state index contributed by atoms with van der Waals surface area (Å²) in [6.07, 6.45) is 0. The van der Waals surface area contributed by atoms with Crippen LogP contribution < -0.4 is 19.3 Å². The molecule has 0 N–H and O–H groups in total. The predicted molar refractivity (Wildman–Crippen MR) is 287 cm³/mol. The van der Waals surface area contributed by atoms with E-state index in [1.54, 1.807) is 0 Å². The Balaban J connectivity index is 1.19. The Kier molecular flexibility index (Phi) is 10.0. The molecule has 12 aromatic rings. The summed E-state index contributed by atoms with van der Waals surface area (Å²) in [5.74, 6) is 3.07. The lowest BCUT2D eigenvalue weighted by Crippen LogP contribution is -2.12. The molecule has 0 aliphatic carbocycles. The summed E-state index contributed by atoms with van der Waals surface area (Å²) in [4.78, 5) is 4.74. The fourth-order valence-electron chi connectivity index (χ4n) is 9.78. The zero-order chi connectivity index (χ0) is 45.9. The van der Waals surface area contributed by atoms with Gasteiger partial charge in [0.15, 0.2) is 0 Å². The predicted octanol–water partition coefficient (Wildman–Crippen LogP) is 18.6. The molecule has 4 heteroatoms. The molecule has 12 rings (SSSR count). The average Bonchev–Trinajstić information content (AvgIpc) is 3.36. The molecular formula is C64H48N2O2. The second-order valence-electron chi connectivity index (χ2n) is 18.1. The van der Waals surface area contributed by atoms with Crippen molar-refractivity contribution in [1.82, 2.24) is 0 Å². The van der Waals surface area contributed by atoms with E-state index in [0.717, 1.165) is 100 Å². The molecule has 4 nitrogen and oxygen atoms in total. The summed E-state index contributed by atoms with van der Waals surface area (Å²) >= 11 is 0. The molecule has 0 radical (unpaired) electrons. The van der Waals surface area contributed by atoms with Crippen molar-refractivity contribution in [3.63, 3.8) is 0 Å². The minimum atomic E-state index is 0.762. The maximum atomic E-state index is 7.18. The fraction of sp³-hybridized carbons (Fsp3) is 0.0625. The van der Waals surface area contributed by atoms with E-state index in [1.165, 1.54) is 33.0 Å². The molecule has 0 atom stereocenters. The molecule has 0 amide bonds. The number of hydrogen-bond donors (Lipinski definition) is 0. The molecule has 0 aliphatic rings. The first kappa shape index (κ1) is 40.9. The smallest absolute Gasteiger partial charge is 0.137 e. The number of fused-ring (bicyclic) bond motifs is 2. The van der Waals surface area contributed by atoms with Crippen LogP contribution in [-0.2, 0) is 0 Å². The molecule has 12 aromatic carbocycles. The molecule has 68 heavy (non-hydrogen) atoms. The molecular weight excluding hydrogens is 829 g/mol. The van der Waals surface area contributed by atoms with Crippen molar-refractivity contribution in [3.05, 3.63) is 241 Å². The van der Waals surface area contributed by atoms with Gasteiger partial charge < -0.3 is 19.3 Å². The number of hydrogen-bond acceptors (Lipinski definition) is 4. The SMILES string of the molecule is Cc1ccc(N(c2ccc(C)cc2)c2cc(Oc3ccc4ccccc4c3)c3ccc4c(N(c5ccc(C)cc5)c5ccc(C)cc5)cc(Oc5ccc6ccccc6c5)c5ccc2c3c54)cc1. The average molecular weight is 877 g/mol. The van der Waals surface area contributed by atoms with Crippen LogP contribution in [0.15, 0.2) is 218 Å². The molecule has 0 aliphatic heterocycles. The van der Waals surface area contributed by atoms with Gasteiger partial charge in [-0.05, 0) is 134 Å². The largest absolute Gasteiger partial charge is 0.457 e. The van der Waals surface area contributed by atoms with Crippen LogP contribution in [0, 0.1) is 27.7 Å². The Morgan fingerprint density at radius 1 is 0.279 bits per heavy atom. The van der Waals surface area contributed by atoms with E-state index in [9.17, 15) is 0 Å². The highest BCUT2D eigenvalue weighted by Gasteiger charge is 2.26. The third-order valence-corrected chi connectivity index (χ3v) is 13.3. The van der Waals surface area contributed by atoms with E-state index in [4.69, 9.17) is 9.47 Å². The summed E-state index contributed by atoms with van der Waals surface area (Å²) < 4.78 is 14.4. The Bertz CT molecular complexity index is 3480. The van der Waals surface area contributed by atoms with Gasteiger partial charge in [-0.2, -0.15) is 0 Å². The van der Waals surface area contributed by atoms with Crippen molar-refractivity contribution in [2.45, 2.75) is 27.7 Å². The van der Waals surface area contributed by atoms with Crippen molar-refractivity contribution in [1.29, 1.82) is 0 Å². The Morgan fingerprint density at radius 2 is 0.588 bits per heavy atom. The molecule has 0 fully saturated rings.